The lowest BCUT2D eigenvalue weighted by Crippen LogP contribution is -2.35. The van der Waals surface area contributed by atoms with Crippen LogP contribution < -0.4 is 10.0 Å². The molecule has 2 aromatic heterocycles. The maximum Gasteiger partial charge on any atom is 0.265 e. The summed E-state index contributed by atoms with van der Waals surface area (Å²) < 4.78 is 2.79. The van der Waals surface area contributed by atoms with Crippen LogP contribution in [0.3, 0.4) is 0 Å². The molecule has 1 N–H and O–H groups in total. The quantitative estimate of drug-likeness (QED) is 0.539. The van der Waals surface area contributed by atoms with Crippen LogP contribution in [-0.2, 0) is 0 Å². The van der Waals surface area contributed by atoms with Crippen molar-refractivity contribution in [3.63, 3.8) is 0 Å². The van der Waals surface area contributed by atoms with Crippen LogP contribution in [0.5, 0.6) is 0 Å². The Bertz CT molecular complexity index is 821. The van der Waals surface area contributed by atoms with E-state index in [0.717, 1.165) is 21.7 Å². The summed E-state index contributed by atoms with van der Waals surface area (Å²) in [6, 6.07) is 9.94. The molecule has 0 radical (unpaired) electrons. The average molecular weight is 264 g/mol. The van der Waals surface area contributed by atoms with E-state index in [-0.39, 0.29) is 0 Å². The van der Waals surface area contributed by atoms with Crippen LogP contribution in [-0.4, -0.2) is 15.9 Å². The van der Waals surface area contributed by atoms with Crippen LogP contribution in [0.1, 0.15) is 11.3 Å². The predicted octanol–water partition coefficient (Wildman–Crippen LogP) is 1.82. The first kappa shape index (κ1) is 11.0. The molecule has 0 spiro atoms. The summed E-state index contributed by atoms with van der Waals surface area (Å²) in [7, 11) is 0. The van der Waals surface area contributed by atoms with Crippen molar-refractivity contribution in [3.8, 4) is 0 Å². The van der Waals surface area contributed by atoms with Gasteiger partial charge in [-0.15, -0.1) is 0 Å². The van der Waals surface area contributed by atoms with Crippen LogP contribution in [0.4, 0.5) is 5.82 Å². The number of hydrogen-bond donors (Lipinski definition) is 1. The van der Waals surface area contributed by atoms with Crippen LogP contribution in [0.25, 0.3) is 11.2 Å². The molecule has 5 nitrogen and oxygen atoms in total. The molecular formula is C15H12N4O. The number of hydrogen-bond acceptors (Lipinski definition) is 3. The lowest BCUT2D eigenvalue weighted by molar-refractivity contribution is -0.606. The number of anilines is 1. The molecule has 1 aliphatic rings. The van der Waals surface area contributed by atoms with Gasteiger partial charge in [0.15, 0.2) is 5.82 Å². The fourth-order valence-electron chi connectivity index (χ4n) is 2.62. The van der Waals surface area contributed by atoms with Crippen molar-refractivity contribution in [1.29, 1.82) is 0 Å². The Labute approximate surface area is 115 Å². The Balaban J connectivity index is 2.01. The second-order valence-corrected chi connectivity index (χ2v) is 4.67. The second-order valence-electron chi connectivity index (χ2n) is 4.67. The molecular weight excluding hydrogens is 252 g/mol. The zero-order valence-electron chi connectivity index (χ0n) is 10.7. The van der Waals surface area contributed by atoms with Gasteiger partial charge in [-0.05, 0) is 5.56 Å². The van der Waals surface area contributed by atoms with Gasteiger partial charge in [0.2, 0.25) is 11.8 Å². The molecule has 0 bridgehead atoms. The van der Waals surface area contributed by atoms with Crippen LogP contribution in [0, 0.1) is 5.21 Å². The summed E-state index contributed by atoms with van der Waals surface area (Å²) in [6.07, 6.45) is 7.09. The van der Waals surface area contributed by atoms with Gasteiger partial charge in [0, 0.05) is 18.9 Å². The monoisotopic (exact) mass is 264 g/mol. The summed E-state index contributed by atoms with van der Waals surface area (Å²) in [5.41, 5.74) is 3.26. The molecule has 0 saturated heterocycles. The van der Waals surface area contributed by atoms with E-state index in [1.807, 2.05) is 47.0 Å². The smallest absolute Gasteiger partial charge is 0.265 e. The molecule has 98 valence electrons. The molecule has 0 saturated carbocycles. The molecule has 0 fully saturated rings. The third-order valence-corrected chi connectivity index (χ3v) is 3.50. The van der Waals surface area contributed by atoms with Crippen molar-refractivity contribution in [1.82, 2.24) is 9.38 Å². The molecule has 3 aromatic rings. The normalized spacial score (nSPS) is 13.7. The highest BCUT2D eigenvalue weighted by Gasteiger charge is 2.25. The lowest BCUT2D eigenvalue weighted by atomic mass is 10.00. The largest absolute Gasteiger partial charge is 0.618 e. The molecule has 3 heterocycles. The topological polar surface area (TPSA) is 56.3 Å². The minimum Gasteiger partial charge on any atom is -0.618 e. The average Bonchev–Trinajstić information content (AvgIpc) is 2.96. The van der Waals surface area contributed by atoms with E-state index in [4.69, 9.17) is 0 Å². The highest BCUT2D eigenvalue weighted by Crippen LogP contribution is 2.29. The highest BCUT2D eigenvalue weighted by molar-refractivity contribution is 5.84. The summed E-state index contributed by atoms with van der Waals surface area (Å²) in [5, 5.41) is 15.6. The van der Waals surface area contributed by atoms with E-state index in [9.17, 15) is 5.21 Å². The molecule has 0 atom stereocenters. The van der Waals surface area contributed by atoms with Gasteiger partial charge in [0.1, 0.15) is 0 Å². The fourth-order valence-corrected chi connectivity index (χ4v) is 2.62. The van der Waals surface area contributed by atoms with E-state index in [0.29, 0.717) is 17.9 Å². The first-order valence-corrected chi connectivity index (χ1v) is 6.43. The summed E-state index contributed by atoms with van der Waals surface area (Å²) in [6.45, 7) is 0.689. The van der Waals surface area contributed by atoms with Gasteiger partial charge < -0.3 is 10.5 Å². The molecule has 5 heteroatoms. The minimum atomic E-state index is 0.632. The Morgan fingerprint density at radius 1 is 1.25 bits per heavy atom. The zero-order chi connectivity index (χ0) is 13.5. The molecule has 4 rings (SSSR count). The second kappa shape index (κ2) is 4.09. The van der Waals surface area contributed by atoms with Gasteiger partial charge in [-0.2, -0.15) is 4.73 Å². The first-order chi connectivity index (χ1) is 9.84. The summed E-state index contributed by atoms with van der Waals surface area (Å²) in [5.74, 6) is 0.788. The minimum absolute atomic E-state index is 0.632. The molecule has 1 aromatic carbocycles. The SMILES string of the molecule is [O-][n+]1cc2nccn2c2c1C(c1ccccc1)=CCN2. The van der Waals surface area contributed by atoms with E-state index in [1.54, 1.807) is 6.20 Å². The third kappa shape index (κ3) is 1.50. The number of aromatic nitrogens is 3. The van der Waals surface area contributed by atoms with Crippen molar-refractivity contribution in [2.75, 3.05) is 11.9 Å². The number of nitrogens with one attached hydrogen (secondary N) is 1. The number of nitrogens with zero attached hydrogens (tertiary/aromatic N) is 3. The number of benzene rings is 1. The molecule has 0 amide bonds. The maximum absolute atomic E-state index is 12.3. The fraction of sp³-hybridized carbons (Fsp3) is 0.0667. The molecule has 1 aliphatic heterocycles. The Hall–Kier alpha value is -2.82. The van der Waals surface area contributed by atoms with Crippen molar-refractivity contribution in [2.45, 2.75) is 0 Å². The molecule has 0 aliphatic carbocycles. The van der Waals surface area contributed by atoms with Crippen LogP contribution in [0.15, 0.2) is 55.0 Å². The van der Waals surface area contributed by atoms with E-state index < -0.39 is 0 Å². The summed E-state index contributed by atoms with van der Waals surface area (Å²) >= 11 is 0. The van der Waals surface area contributed by atoms with Gasteiger partial charge in [0.25, 0.3) is 5.69 Å². The van der Waals surface area contributed by atoms with Gasteiger partial charge in [-0.25, -0.2) is 4.98 Å². The van der Waals surface area contributed by atoms with Gasteiger partial charge in [-0.3, -0.25) is 4.40 Å². The summed E-state index contributed by atoms with van der Waals surface area (Å²) in [4.78, 5) is 4.17. The van der Waals surface area contributed by atoms with E-state index >= 15 is 0 Å². The van der Waals surface area contributed by atoms with Gasteiger partial charge in [-0.1, -0.05) is 36.4 Å². The Morgan fingerprint density at radius 3 is 2.95 bits per heavy atom. The first-order valence-electron chi connectivity index (χ1n) is 6.43. The van der Waals surface area contributed by atoms with Crippen LogP contribution >= 0.6 is 0 Å². The number of rotatable bonds is 1. The van der Waals surface area contributed by atoms with E-state index in [1.165, 1.54) is 6.20 Å². The Kier molecular flexibility index (Phi) is 2.26. The van der Waals surface area contributed by atoms with Crippen molar-refractivity contribution in [3.05, 3.63) is 71.5 Å². The van der Waals surface area contributed by atoms with Crippen LogP contribution in [0.2, 0.25) is 0 Å². The molecule has 0 unspecified atom stereocenters. The molecule has 20 heavy (non-hydrogen) atoms. The standard InChI is InChI=1S/C15H12N4O/c20-19-10-13-16-8-9-18(13)15-14(19)12(6-7-17-15)11-4-2-1-3-5-11/h1-6,8-10,17H,7H2. The highest BCUT2D eigenvalue weighted by atomic mass is 16.5. The third-order valence-electron chi connectivity index (χ3n) is 3.50. The number of fused-ring (bicyclic) bond motifs is 3. The van der Waals surface area contributed by atoms with Gasteiger partial charge in [0.05, 0.1) is 5.57 Å². The van der Waals surface area contributed by atoms with Gasteiger partial charge >= 0.3 is 0 Å². The number of imidazole rings is 1. The zero-order valence-corrected chi connectivity index (χ0v) is 10.7. The van der Waals surface area contributed by atoms with Crippen molar-refractivity contribution >= 4 is 17.0 Å². The maximum atomic E-state index is 12.3. The predicted molar refractivity (Wildman–Crippen MR) is 76.2 cm³/mol. The Morgan fingerprint density at radius 2 is 2.10 bits per heavy atom. The van der Waals surface area contributed by atoms with Crippen molar-refractivity contribution in [2.24, 2.45) is 0 Å². The lowest BCUT2D eigenvalue weighted by Gasteiger charge is -2.19. The van der Waals surface area contributed by atoms with Crippen molar-refractivity contribution < 1.29 is 4.73 Å². The van der Waals surface area contributed by atoms with E-state index in [2.05, 4.69) is 10.3 Å².